The van der Waals surface area contributed by atoms with Crippen LogP contribution in [0.1, 0.15) is 30.0 Å². The van der Waals surface area contributed by atoms with E-state index in [4.69, 9.17) is 4.42 Å². The van der Waals surface area contributed by atoms with Gasteiger partial charge in [-0.3, -0.25) is 9.69 Å². The van der Waals surface area contributed by atoms with Crippen molar-refractivity contribution >= 4 is 21.7 Å². The van der Waals surface area contributed by atoms with E-state index in [0.717, 1.165) is 22.3 Å². The summed E-state index contributed by atoms with van der Waals surface area (Å²) in [6.45, 7) is 5.43. The molecule has 1 aromatic heterocycles. The number of hydrogen-bond donors (Lipinski definition) is 0. The van der Waals surface area contributed by atoms with E-state index in [1.165, 1.54) is 0 Å². The summed E-state index contributed by atoms with van der Waals surface area (Å²) in [6.07, 6.45) is 1.66. The number of furan rings is 1. The predicted octanol–water partition coefficient (Wildman–Crippen LogP) is 4.14. The number of ketones is 1. The molecule has 2 aromatic rings. The second kappa shape index (κ2) is 6.86. The number of hydrogen-bond acceptors (Lipinski definition) is 3. The summed E-state index contributed by atoms with van der Waals surface area (Å²) in [5.74, 6) is 1.01. The van der Waals surface area contributed by atoms with Gasteiger partial charge in [-0.25, -0.2) is 0 Å². The Morgan fingerprint density at radius 3 is 2.55 bits per heavy atom. The van der Waals surface area contributed by atoms with Crippen LogP contribution in [0, 0.1) is 0 Å². The highest BCUT2D eigenvalue weighted by molar-refractivity contribution is 9.10. The van der Waals surface area contributed by atoms with Gasteiger partial charge in [-0.2, -0.15) is 0 Å². The van der Waals surface area contributed by atoms with Gasteiger partial charge in [-0.1, -0.05) is 35.0 Å². The van der Waals surface area contributed by atoms with E-state index < -0.39 is 0 Å². The SMILES string of the molecule is CCN(Cc1ccco1)C(C)C(=O)c1ccc(Br)cc1. The van der Waals surface area contributed by atoms with E-state index in [2.05, 4.69) is 20.8 Å². The summed E-state index contributed by atoms with van der Waals surface area (Å²) in [5, 5.41) is 0. The molecular formula is C16H18BrNO2. The Kier molecular flexibility index (Phi) is 5.15. The Morgan fingerprint density at radius 2 is 2.00 bits per heavy atom. The molecule has 0 amide bonds. The van der Waals surface area contributed by atoms with Gasteiger partial charge in [0, 0.05) is 10.0 Å². The molecule has 0 spiro atoms. The van der Waals surface area contributed by atoms with Crippen molar-refractivity contribution < 1.29 is 9.21 Å². The first-order chi connectivity index (χ1) is 9.61. The standard InChI is InChI=1S/C16H18BrNO2/c1-3-18(11-15-5-4-10-20-15)12(2)16(19)13-6-8-14(17)9-7-13/h4-10,12H,3,11H2,1-2H3. The third kappa shape index (κ3) is 3.58. The smallest absolute Gasteiger partial charge is 0.179 e. The Balaban J connectivity index is 2.09. The van der Waals surface area contributed by atoms with Gasteiger partial charge < -0.3 is 4.42 Å². The average molecular weight is 336 g/mol. The number of likely N-dealkylation sites (N-methyl/N-ethyl adjacent to an activating group) is 1. The third-order valence-electron chi connectivity index (χ3n) is 3.40. The van der Waals surface area contributed by atoms with Crippen molar-refractivity contribution in [2.45, 2.75) is 26.4 Å². The molecule has 0 aliphatic heterocycles. The maximum Gasteiger partial charge on any atom is 0.179 e. The Hall–Kier alpha value is -1.39. The largest absolute Gasteiger partial charge is 0.468 e. The molecule has 106 valence electrons. The van der Waals surface area contributed by atoms with Crippen LogP contribution < -0.4 is 0 Å². The second-order valence-electron chi connectivity index (χ2n) is 4.69. The molecule has 0 fully saturated rings. The van der Waals surface area contributed by atoms with Crippen LogP contribution in [0.3, 0.4) is 0 Å². The van der Waals surface area contributed by atoms with Gasteiger partial charge in [-0.05, 0) is 37.7 Å². The monoisotopic (exact) mass is 335 g/mol. The molecule has 0 aliphatic rings. The van der Waals surface area contributed by atoms with Crippen LogP contribution in [-0.4, -0.2) is 23.3 Å². The zero-order chi connectivity index (χ0) is 14.5. The van der Waals surface area contributed by atoms with Crippen molar-refractivity contribution in [1.29, 1.82) is 0 Å². The molecule has 0 aliphatic carbocycles. The van der Waals surface area contributed by atoms with Crippen LogP contribution in [-0.2, 0) is 6.54 Å². The first-order valence-corrected chi connectivity index (χ1v) is 7.47. The molecule has 0 radical (unpaired) electrons. The Morgan fingerprint density at radius 1 is 1.30 bits per heavy atom. The van der Waals surface area contributed by atoms with Gasteiger partial charge in [0.15, 0.2) is 5.78 Å². The summed E-state index contributed by atoms with van der Waals surface area (Å²) in [5.41, 5.74) is 0.735. The zero-order valence-electron chi connectivity index (χ0n) is 11.7. The lowest BCUT2D eigenvalue weighted by atomic mass is 10.0. The van der Waals surface area contributed by atoms with E-state index in [-0.39, 0.29) is 11.8 Å². The first-order valence-electron chi connectivity index (χ1n) is 6.68. The third-order valence-corrected chi connectivity index (χ3v) is 3.93. The highest BCUT2D eigenvalue weighted by Crippen LogP contribution is 2.16. The van der Waals surface area contributed by atoms with Gasteiger partial charge >= 0.3 is 0 Å². The van der Waals surface area contributed by atoms with E-state index in [1.54, 1.807) is 6.26 Å². The maximum atomic E-state index is 12.5. The molecule has 1 aromatic carbocycles. The zero-order valence-corrected chi connectivity index (χ0v) is 13.3. The minimum Gasteiger partial charge on any atom is -0.468 e. The molecule has 0 saturated carbocycles. The lowest BCUT2D eigenvalue weighted by Crippen LogP contribution is -2.38. The normalized spacial score (nSPS) is 12.6. The predicted molar refractivity (Wildman–Crippen MR) is 82.7 cm³/mol. The molecule has 0 saturated heterocycles. The molecule has 1 atom stereocenters. The fourth-order valence-electron chi connectivity index (χ4n) is 2.15. The summed E-state index contributed by atoms with van der Waals surface area (Å²) in [7, 11) is 0. The van der Waals surface area contributed by atoms with Gasteiger partial charge in [0.1, 0.15) is 5.76 Å². The van der Waals surface area contributed by atoms with Gasteiger partial charge in [0.25, 0.3) is 0 Å². The lowest BCUT2D eigenvalue weighted by Gasteiger charge is -2.25. The highest BCUT2D eigenvalue weighted by atomic mass is 79.9. The van der Waals surface area contributed by atoms with E-state index in [1.807, 2.05) is 50.2 Å². The van der Waals surface area contributed by atoms with Crippen LogP contribution >= 0.6 is 15.9 Å². The molecule has 2 rings (SSSR count). The maximum absolute atomic E-state index is 12.5. The Labute approximate surface area is 127 Å². The number of carbonyl (C=O) groups is 1. The van der Waals surface area contributed by atoms with Crippen molar-refractivity contribution in [3.05, 3.63) is 58.5 Å². The summed E-state index contributed by atoms with van der Waals surface area (Å²) < 4.78 is 6.33. The van der Waals surface area contributed by atoms with Crippen molar-refractivity contribution in [3.63, 3.8) is 0 Å². The molecule has 20 heavy (non-hydrogen) atoms. The molecule has 4 heteroatoms. The molecule has 0 N–H and O–H groups in total. The van der Waals surface area contributed by atoms with E-state index >= 15 is 0 Å². The fraction of sp³-hybridized carbons (Fsp3) is 0.312. The lowest BCUT2D eigenvalue weighted by molar-refractivity contribution is 0.0826. The number of rotatable bonds is 6. The van der Waals surface area contributed by atoms with Gasteiger partial charge in [-0.15, -0.1) is 0 Å². The van der Waals surface area contributed by atoms with Crippen molar-refractivity contribution in [3.8, 4) is 0 Å². The van der Waals surface area contributed by atoms with Crippen LogP contribution in [0.2, 0.25) is 0 Å². The van der Waals surface area contributed by atoms with E-state index in [9.17, 15) is 4.79 Å². The minimum atomic E-state index is -0.175. The molecule has 3 nitrogen and oxygen atoms in total. The molecule has 1 unspecified atom stereocenters. The van der Waals surface area contributed by atoms with Crippen LogP contribution in [0.15, 0.2) is 51.6 Å². The molecular weight excluding hydrogens is 318 g/mol. The van der Waals surface area contributed by atoms with Crippen LogP contribution in [0.5, 0.6) is 0 Å². The summed E-state index contributed by atoms with van der Waals surface area (Å²) >= 11 is 3.38. The van der Waals surface area contributed by atoms with Crippen molar-refractivity contribution in [1.82, 2.24) is 4.90 Å². The number of halogens is 1. The summed E-state index contributed by atoms with van der Waals surface area (Å²) in [4.78, 5) is 14.6. The second-order valence-corrected chi connectivity index (χ2v) is 5.61. The first kappa shape index (κ1) is 15.0. The van der Waals surface area contributed by atoms with Crippen LogP contribution in [0.4, 0.5) is 0 Å². The van der Waals surface area contributed by atoms with Gasteiger partial charge in [0.05, 0.1) is 18.8 Å². The number of benzene rings is 1. The van der Waals surface area contributed by atoms with Gasteiger partial charge in [0.2, 0.25) is 0 Å². The molecule has 1 heterocycles. The summed E-state index contributed by atoms with van der Waals surface area (Å²) in [6, 6.07) is 11.1. The fourth-order valence-corrected chi connectivity index (χ4v) is 2.41. The quantitative estimate of drug-likeness (QED) is 0.744. The number of nitrogens with zero attached hydrogens (tertiary/aromatic N) is 1. The molecule has 0 bridgehead atoms. The average Bonchev–Trinajstić information content (AvgIpc) is 2.97. The highest BCUT2D eigenvalue weighted by Gasteiger charge is 2.22. The number of carbonyl (C=O) groups excluding carboxylic acids is 1. The number of Topliss-reactive ketones (excluding diaryl/α,β-unsaturated/α-hetero) is 1. The van der Waals surface area contributed by atoms with Crippen molar-refractivity contribution in [2.75, 3.05) is 6.54 Å². The van der Waals surface area contributed by atoms with Crippen molar-refractivity contribution in [2.24, 2.45) is 0 Å². The minimum absolute atomic E-state index is 0.130. The van der Waals surface area contributed by atoms with Crippen LogP contribution in [0.25, 0.3) is 0 Å². The van der Waals surface area contributed by atoms with E-state index in [0.29, 0.717) is 6.54 Å². The Bertz CT molecular complexity index is 548. The topological polar surface area (TPSA) is 33.5 Å².